The Morgan fingerprint density at radius 1 is 1.28 bits per heavy atom. The monoisotopic (exact) mass is 351 g/mol. The van der Waals surface area contributed by atoms with E-state index in [-0.39, 0.29) is 19.3 Å². The molecule has 5 nitrogen and oxygen atoms in total. The number of alkyl halides is 3. The number of carbonyl (C=O) groups is 3. The maximum atomic E-state index is 12.5. The number of nitrogens with zero attached hydrogens (tertiary/aromatic N) is 1. The van der Waals surface area contributed by atoms with Gasteiger partial charge in [0.2, 0.25) is 5.91 Å². The molecule has 1 aromatic carbocycles. The third kappa shape index (κ3) is 6.79. The van der Waals surface area contributed by atoms with Gasteiger partial charge in [-0.05, 0) is 36.5 Å². The molecule has 131 valence electrons. The molecule has 0 aromatic heterocycles. The number of nitriles is 1. The second kappa shape index (κ2) is 9.62. The molecule has 2 unspecified atom stereocenters. The van der Waals surface area contributed by atoms with Crippen LogP contribution in [0.15, 0.2) is 24.3 Å². The molecule has 0 aliphatic heterocycles. The van der Waals surface area contributed by atoms with Gasteiger partial charge in [-0.15, -0.1) is 0 Å². The Labute approximate surface area is 143 Å². The van der Waals surface area contributed by atoms with Gasteiger partial charge in [-0.25, -0.2) is 5.26 Å². The molecule has 0 aliphatic carbocycles. The van der Waals surface area contributed by atoms with Gasteiger partial charge >= 0.3 is 6.18 Å². The first-order valence-corrected chi connectivity index (χ1v) is 7.40. The number of nitrogens with one attached hydrogen (secondary N) is 1. The molecule has 1 aromatic rings. The van der Waals surface area contributed by atoms with Crippen LogP contribution in [0.3, 0.4) is 0 Å². The van der Waals surface area contributed by atoms with Crippen molar-refractivity contribution in [3.63, 3.8) is 0 Å². The van der Waals surface area contributed by atoms with E-state index in [2.05, 4.69) is 5.32 Å². The number of benzene rings is 1. The van der Waals surface area contributed by atoms with Crippen LogP contribution in [0.4, 0.5) is 13.2 Å². The summed E-state index contributed by atoms with van der Waals surface area (Å²) in [5.41, 5.74) is -0.361. The van der Waals surface area contributed by atoms with Crippen molar-refractivity contribution in [2.75, 3.05) is 0 Å². The molecule has 25 heavy (non-hydrogen) atoms. The van der Waals surface area contributed by atoms with E-state index in [4.69, 9.17) is 5.26 Å². The molecule has 0 saturated heterocycles. The van der Waals surface area contributed by atoms with Gasteiger partial charge in [0.05, 0.1) is 11.6 Å². The highest BCUT2D eigenvalue weighted by atomic mass is 19.4. The lowest BCUT2D eigenvalue weighted by atomic mass is 9.64. The smallest absolute Gasteiger partial charge is 0.347 e. The average Bonchev–Trinajstić information content (AvgIpc) is 2.57. The number of aldehydes is 2. The minimum absolute atomic E-state index is 0.0142. The summed E-state index contributed by atoms with van der Waals surface area (Å²) in [5, 5.41) is 11.1. The Kier molecular flexibility index (Phi) is 7.86. The zero-order chi connectivity index (χ0) is 18.9. The lowest BCUT2D eigenvalue weighted by Crippen LogP contribution is -2.40. The van der Waals surface area contributed by atoms with Gasteiger partial charge < -0.3 is 14.9 Å². The molecule has 0 aliphatic rings. The van der Waals surface area contributed by atoms with Crippen molar-refractivity contribution in [3.05, 3.63) is 35.4 Å². The molecule has 2 atom stereocenters. The number of amides is 1. The summed E-state index contributed by atoms with van der Waals surface area (Å²) in [5.74, 6) is 0.290. The molecule has 0 bridgehead atoms. The summed E-state index contributed by atoms with van der Waals surface area (Å²) >= 11 is 0. The van der Waals surface area contributed by atoms with Crippen LogP contribution in [0, 0.1) is 11.2 Å². The van der Waals surface area contributed by atoms with Crippen molar-refractivity contribution in [1.29, 1.82) is 5.26 Å². The molecule has 0 heterocycles. The van der Waals surface area contributed by atoms with Crippen molar-refractivity contribution in [2.45, 2.75) is 37.3 Å². The van der Waals surface area contributed by atoms with E-state index in [9.17, 15) is 27.6 Å². The normalized spacial score (nSPS) is 13.2. The zero-order valence-electron chi connectivity index (χ0n) is 13.1. The van der Waals surface area contributed by atoms with E-state index in [0.717, 1.165) is 19.4 Å². The Morgan fingerprint density at radius 2 is 1.92 bits per heavy atom. The van der Waals surface area contributed by atoms with Gasteiger partial charge in [0.25, 0.3) is 7.28 Å². The molecule has 1 radical (unpaired) electrons. The van der Waals surface area contributed by atoms with Crippen molar-refractivity contribution in [1.82, 2.24) is 5.32 Å². The van der Waals surface area contributed by atoms with Crippen LogP contribution in [-0.2, 0) is 27.0 Å². The fraction of sp³-hybridized carbons (Fsp3) is 0.375. The predicted octanol–water partition coefficient (Wildman–Crippen LogP) is 1.88. The molecule has 1 N–H and O–H groups in total. The molecule has 0 spiro atoms. The average molecular weight is 351 g/mol. The van der Waals surface area contributed by atoms with E-state index in [1.54, 1.807) is 5.97 Å². The fourth-order valence-electron chi connectivity index (χ4n) is 2.13. The van der Waals surface area contributed by atoms with E-state index in [0.29, 0.717) is 18.1 Å². The van der Waals surface area contributed by atoms with Crippen molar-refractivity contribution < 1.29 is 27.6 Å². The van der Waals surface area contributed by atoms with Crippen LogP contribution in [0.2, 0.25) is 5.82 Å². The van der Waals surface area contributed by atoms with Crippen LogP contribution in [0.25, 0.3) is 0 Å². The molecule has 9 heteroatoms. The van der Waals surface area contributed by atoms with Crippen LogP contribution in [0.5, 0.6) is 0 Å². The number of hydrogen-bond acceptors (Lipinski definition) is 4. The SMILES string of the molecule is N#C[B]C(CCC=O)C(=O)NC(C=O)Cc1ccc(C(F)(F)F)cc1. The second-order valence-corrected chi connectivity index (χ2v) is 5.30. The Balaban J connectivity index is 2.72. The molecular formula is C16H15BF3N2O3. The van der Waals surface area contributed by atoms with Crippen LogP contribution >= 0.6 is 0 Å². The third-order valence-electron chi connectivity index (χ3n) is 3.44. The Hall–Kier alpha value is -2.63. The quantitative estimate of drug-likeness (QED) is 0.544. The highest BCUT2D eigenvalue weighted by Crippen LogP contribution is 2.29. The topological polar surface area (TPSA) is 87.0 Å². The lowest BCUT2D eigenvalue weighted by molar-refractivity contribution is -0.137. The van der Waals surface area contributed by atoms with E-state index < -0.39 is 29.5 Å². The third-order valence-corrected chi connectivity index (χ3v) is 3.44. The maximum absolute atomic E-state index is 12.5. The highest BCUT2D eigenvalue weighted by Gasteiger charge is 2.30. The standard InChI is InChI=1S/C16H15BF3N2O3/c18-16(19,20)12-5-3-11(4-6-12)8-13(9-24)22-15(25)14(17-10-21)2-1-7-23/h3-7,9,13-14H,1-2,8H2,(H,22,25). The van der Waals surface area contributed by atoms with E-state index in [1.807, 2.05) is 0 Å². The number of rotatable bonds is 9. The van der Waals surface area contributed by atoms with Crippen molar-refractivity contribution in [2.24, 2.45) is 0 Å². The largest absolute Gasteiger partial charge is 0.416 e. The van der Waals surface area contributed by atoms with Crippen LogP contribution < -0.4 is 5.32 Å². The molecular weight excluding hydrogens is 336 g/mol. The van der Waals surface area contributed by atoms with Crippen molar-refractivity contribution >= 4 is 25.8 Å². The Morgan fingerprint density at radius 3 is 2.40 bits per heavy atom. The molecule has 0 fully saturated rings. The van der Waals surface area contributed by atoms with Gasteiger partial charge in [-0.2, -0.15) is 13.2 Å². The summed E-state index contributed by atoms with van der Waals surface area (Å²) in [6.45, 7) is 0. The van der Waals surface area contributed by atoms with Crippen LogP contribution in [-0.4, -0.2) is 31.8 Å². The van der Waals surface area contributed by atoms with Gasteiger partial charge in [0.15, 0.2) is 0 Å². The molecule has 0 saturated carbocycles. The second-order valence-electron chi connectivity index (χ2n) is 5.30. The van der Waals surface area contributed by atoms with Gasteiger partial charge in [0.1, 0.15) is 12.6 Å². The lowest BCUT2D eigenvalue weighted by Gasteiger charge is -2.17. The summed E-state index contributed by atoms with van der Waals surface area (Å²) in [6.07, 6.45) is -3.13. The van der Waals surface area contributed by atoms with E-state index >= 15 is 0 Å². The van der Waals surface area contributed by atoms with Gasteiger partial charge in [-0.3, -0.25) is 4.79 Å². The van der Waals surface area contributed by atoms with Crippen LogP contribution in [0.1, 0.15) is 24.0 Å². The maximum Gasteiger partial charge on any atom is 0.416 e. The van der Waals surface area contributed by atoms with Gasteiger partial charge in [0, 0.05) is 12.2 Å². The summed E-state index contributed by atoms with van der Waals surface area (Å²) in [4.78, 5) is 33.6. The van der Waals surface area contributed by atoms with Gasteiger partial charge in [-0.1, -0.05) is 12.1 Å². The first kappa shape index (κ1) is 20.4. The summed E-state index contributed by atoms with van der Waals surface area (Å²) < 4.78 is 37.5. The fourth-order valence-corrected chi connectivity index (χ4v) is 2.13. The molecule has 1 amide bonds. The minimum atomic E-state index is -4.45. The van der Waals surface area contributed by atoms with E-state index in [1.165, 1.54) is 12.1 Å². The number of carbonyl (C=O) groups excluding carboxylic acids is 3. The molecule has 1 rings (SSSR count). The number of hydrogen-bond donors (Lipinski definition) is 1. The highest BCUT2D eigenvalue weighted by molar-refractivity contribution is 6.52. The Bertz CT molecular complexity index is 642. The number of halogens is 3. The first-order valence-electron chi connectivity index (χ1n) is 7.40. The minimum Gasteiger partial charge on any atom is -0.347 e. The summed E-state index contributed by atoms with van der Waals surface area (Å²) in [7, 11) is 1.07. The first-order chi connectivity index (χ1) is 11.8. The van der Waals surface area contributed by atoms with Crippen molar-refractivity contribution in [3.8, 4) is 5.97 Å². The predicted molar refractivity (Wildman–Crippen MR) is 83.6 cm³/mol. The summed E-state index contributed by atoms with van der Waals surface area (Å²) in [6, 6.07) is 3.31. The zero-order valence-corrected chi connectivity index (χ0v) is 13.1.